The van der Waals surface area contributed by atoms with Crippen LogP contribution in [0.3, 0.4) is 0 Å². The Morgan fingerprint density at radius 2 is 2.32 bits per heavy atom. The molecule has 1 aliphatic rings. The molecule has 0 bridgehead atoms. The second kappa shape index (κ2) is 4.88. The maximum absolute atomic E-state index is 4.59. The molecule has 2 nitrogen and oxygen atoms in total. The van der Waals surface area contributed by atoms with Gasteiger partial charge < -0.3 is 5.32 Å². The Kier molecular flexibility index (Phi) is 3.35. The Bertz CT molecular complexity index is 573. The van der Waals surface area contributed by atoms with Crippen molar-refractivity contribution in [2.75, 3.05) is 6.54 Å². The van der Waals surface area contributed by atoms with E-state index in [-0.39, 0.29) is 0 Å². The average molecular weight is 274 g/mol. The average Bonchev–Trinajstić information content (AvgIpc) is 2.85. The van der Waals surface area contributed by atoms with Gasteiger partial charge in [0, 0.05) is 12.2 Å². The molecular formula is C16H22N2S. The van der Waals surface area contributed by atoms with Crippen molar-refractivity contribution in [3.05, 3.63) is 29.3 Å². The molecule has 1 saturated carbocycles. The van der Waals surface area contributed by atoms with Crippen LogP contribution in [0, 0.1) is 5.41 Å². The van der Waals surface area contributed by atoms with E-state index in [1.165, 1.54) is 23.1 Å². The van der Waals surface area contributed by atoms with Crippen LogP contribution in [0.2, 0.25) is 0 Å². The zero-order valence-corrected chi connectivity index (χ0v) is 12.8. The van der Waals surface area contributed by atoms with Crippen LogP contribution in [0.15, 0.2) is 23.7 Å². The molecule has 0 saturated heterocycles. The lowest BCUT2D eigenvalue weighted by Crippen LogP contribution is -2.55. The van der Waals surface area contributed by atoms with Gasteiger partial charge in [0.1, 0.15) is 0 Å². The Balaban J connectivity index is 1.79. The summed E-state index contributed by atoms with van der Waals surface area (Å²) in [6, 6.07) is 5.09. The van der Waals surface area contributed by atoms with Gasteiger partial charge in [-0.1, -0.05) is 20.8 Å². The summed E-state index contributed by atoms with van der Waals surface area (Å²) in [6.07, 6.45) is 4.53. The van der Waals surface area contributed by atoms with Crippen LogP contribution in [0.5, 0.6) is 0 Å². The number of nitrogens with one attached hydrogen (secondary N) is 1. The van der Waals surface area contributed by atoms with Crippen molar-refractivity contribution < 1.29 is 0 Å². The lowest BCUT2D eigenvalue weighted by Gasteiger charge is -2.53. The molecule has 2 heterocycles. The normalized spacial score (nSPS) is 25.4. The monoisotopic (exact) mass is 274 g/mol. The van der Waals surface area contributed by atoms with Gasteiger partial charge in [-0.05, 0) is 53.8 Å². The van der Waals surface area contributed by atoms with Crippen LogP contribution < -0.4 is 5.32 Å². The highest BCUT2D eigenvalue weighted by Gasteiger charge is 2.48. The van der Waals surface area contributed by atoms with Crippen molar-refractivity contribution in [1.29, 1.82) is 0 Å². The van der Waals surface area contributed by atoms with Gasteiger partial charge in [-0.15, -0.1) is 11.3 Å². The summed E-state index contributed by atoms with van der Waals surface area (Å²) in [4.78, 5) is 4.59. The number of hydrogen-bond acceptors (Lipinski definition) is 3. The molecule has 1 N–H and O–H groups in total. The van der Waals surface area contributed by atoms with Gasteiger partial charge in [0.25, 0.3) is 0 Å². The van der Waals surface area contributed by atoms with Crippen LogP contribution in [0.25, 0.3) is 10.2 Å². The summed E-state index contributed by atoms with van der Waals surface area (Å²) >= 11 is 1.79. The summed E-state index contributed by atoms with van der Waals surface area (Å²) in [7, 11) is 0. The van der Waals surface area contributed by atoms with E-state index in [1.54, 1.807) is 11.3 Å². The molecule has 2 aromatic rings. The standard InChI is InChI=1S/C16H22N2S/c1-4-6-17-15-9-12(16(15,2)3)11-8-14-13(18-10-11)5-7-19-14/h5,7-8,10,12,15,17H,4,6,9H2,1-3H3. The van der Waals surface area contributed by atoms with Gasteiger partial charge in [0.05, 0.1) is 10.2 Å². The number of nitrogens with zero attached hydrogens (tertiary/aromatic N) is 1. The van der Waals surface area contributed by atoms with Crippen molar-refractivity contribution in [3.8, 4) is 0 Å². The van der Waals surface area contributed by atoms with E-state index in [4.69, 9.17) is 0 Å². The van der Waals surface area contributed by atoms with E-state index in [9.17, 15) is 0 Å². The Labute approximate surface area is 119 Å². The second-order valence-electron chi connectivity index (χ2n) is 6.19. The van der Waals surface area contributed by atoms with Gasteiger partial charge in [0.15, 0.2) is 0 Å². The number of hydrogen-bond donors (Lipinski definition) is 1. The molecule has 2 unspecified atom stereocenters. The molecule has 1 aliphatic carbocycles. The van der Waals surface area contributed by atoms with Crippen molar-refractivity contribution in [1.82, 2.24) is 10.3 Å². The SMILES string of the molecule is CCCNC1CC(c2cnc3ccsc3c2)C1(C)C. The zero-order valence-electron chi connectivity index (χ0n) is 11.9. The number of rotatable bonds is 4. The summed E-state index contributed by atoms with van der Waals surface area (Å²) in [5, 5.41) is 5.80. The van der Waals surface area contributed by atoms with Gasteiger partial charge in [0.2, 0.25) is 0 Å². The van der Waals surface area contributed by atoms with Crippen molar-refractivity contribution >= 4 is 21.6 Å². The van der Waals surface area contributed by atoms with Crippen molar-refractivity contribution in [2.24, 2.45) is 5.41 Å². The topological polar surface area (TPSA) is 24.9 Å². The lowest BCUT2D eigenvalue weighted by atomic mass is 9.56. The Morgan fingerprint density at radius 3 is 3.05 bits per heavy atom. The maximum Gasteiger partial charge on any atom is 0.0809 e. The summed E-state index contributed by atoms with van der Waals surface area (Å²) < 4.78 is 1.32. The first-order valence-electron chi connectivity index (χ1n) is 7.19. The first-order chi connectivity index (χ1) is 9.13. The molecule has 0 aromatic carbocycles. The molecule has 1 fully saturated rings. The molecule has 0 aliphatic heterocycles. The molecule has 3 heteroatoms. The fraction of sp³-hybridized carbons (Fsp3) is 0.562. The van der Waals surface area contributed by atoms with Crippen LogP contribution in [0.1, 0.15) is 45.1 Å². The third-order valence-corrected chi connectivity index (χ3v) is 5.49. The molecular weight excluding hydrogens is 252 g/mol. The summed E-state index contributed by atoms with van der Waals surface area (Å²) in [5.41, 5.74) is 2.88. The summed E-state index contributed by atoms with van der Waals surface area (Å²) in [6.45, 7) is 8.12. The predicted molar refractivity (Wildman–Crippen MR) is 82.8 cm³/mol. The summed E-state index contributed by atoms with van der Waals surface area (Å²) in [5.74, 6) is 0.640. The molecule has 0 spiro atoms. The van der Waals surface area contributed by atoms with Crippen molar-refractivity contribution in [2.45, 2.75) is 45.6 Å². The highest BCUT2D eigenvalue weighted by molar-refractivity contribution is 7.17. The predicted octanol–water partition coefficient (Wildman–Crippen LogP) is 4.18. The van der Waals surface area contributed by atoms with Crippen LogP contribution in [-0.4, -0.2) is 17.6 Å². The highest BCUT2D eigenvalue weighted by Crippen LogP contribution is 2.52. The number of aromatic nitrogens is 1. The fourth-order valence-electron chi connectivity index (χ4n) is 3.21. The molecule has 19 heavy (non-hydrogen) atoms. The minimum Gasteiger partial charge on any atom is -0.313 e. The van der Waals surface area contributed by atoms with Crippen molar-refractivity contribution in [3.63, 3.8) is 0 Å². The zero-order chi connectivity index (χ0) is 13.5. The first-order valence-corrected chi connectivity index (χ1v) is 8.07. The maximum atomic E-state index is 4.59. The molecule has 2 aromatic heterocycles. The minimum atomic E-state index is 0.335. The third-order valence-electron chi connectivity index (χ3n) is 4.63. The van der Waals surface area contributed by atoms with Crippen LogP contribution >= 0.6 is 11.3 Å². The molecule has 102 valence electrons. The number of pyridine rings is 1. The van der Waals surface area contributed by atoms with Gasteiger partial charge >= 0.3 is 0 Å². The van der Waals surface area contributed by atoms with E-state index in [2.05, 4.69) is 54.8 Å². The Hall–Kier alpha value is -0.930. The number of thiophene rings is 1. The fourth-order valence-corrected chi connectivity index (χ4v) is 4.00. The smallest absolute Gasteiger partial charge is 0.0809 e. The van der Waals surface area contributed by atoms with Gasteiger partial charge in [-0.25, -0.2) is 0 Å². The highest BCUT2D eigenvalue weighted by atomic mass is 32.1. The van der Waals surface area contributed by atoms with E-state index >= 15 is 0 Å². The molecule has 0 amide bonds. The van der Waals surface area contributed by atoms with E-state index in [1.807, 2.05) is 0 Å². The molecule has 2 atom stereocenters. The molecule has 3 rings (SSSR count). The number of fused-ring (bicyclic) bond motifs is 1. The van der Waals surface area contributed by atoms with Gasteiger partial charge in [-0.3, -0.25) is 4.98 Å². The van der Waals surface area contributed by atoms with Gasteiger partial charge in [-0.2, -0.15) is 0 Å². The Morgan fingerprint density at radius 1 is 1.47 bits per heavy atom. The van der Waals surface area contributed by atoms with Crippen LogP contribution in [-0.2, 0) is 0 Å². The van der Waals surface area contributed by atoms with E-state index in [0.29, 0.717) is 17.4 Å². The van der Waals surface area contributed by atoms with E-state index in [0.717, 1.165) is 12.1 Å². The first kappa shape index (κ1) is 13.1. The minimum absolute atomic E-state index is 0.335. The quantitative estimate of drug-likeness (QED) is 0.904. The van der Waals surface area contributed by atoms with Crippen LogP contribution in [0.4, 0.5) is 0 Å². The largest absolute Gasteiger partial charge is 0.313 e. The van der Waals surface area contributed by atoms with E-state index < -0.39 is 0 Å². The molecule has 0 radical (unpaired) electrons. The lowest BCUT2D eigenvalue weighted by molar-refractivity contribution is 0.0694. The second-order valence-corrected chi connectivity index (χ2v) is 7.14. The third kappa shape index (κ3) is 2.19.